The molecule has 3 aliphatic rings. The van der Waals surface area contributed by atoms with E-state index in [-0.39, 0.29) is 5.92 Å². The zero-order chi connectivity index (χ0) is 16.5. The predicted molar refractivity (Wildman–Crippen MR) is 97.7 cm³/mol. The lowest BCUT2D eigenvalue weighted by Crippen LogP contribution is -2.48. The first-order chi connectivity index (χ1) is 11.8. The van der Waals surface area contributed by atoms with Crippen molar-refractivity contribution in [3.8, 4) is 0 Å². The van der Waals surface area contributed by atoms with E-state index in [2.05, 4.69) is 59.2 Å². The van der Waals surface area contributed by atoms with Crippen LogP contribution in [-0.2, 0) is 11.3 Å². The molecule has 126 valence electrons. The van der Waals surface area contributed by atoms with Gasteiger partial charge in [0.1, 0.15) is 0 Å². The van der Waals surface area contributed by atoms with Crippen LogP contribution in [0.3, 0.4) is 0 Å². The first kappa shape index (κ1) is 15.6. The van der Waals surface area contributed by atoms with Crippen molar-refractivity contribution in [2.24, 2.45) is 5.92 Å². The van der Waals surface area contributed by atoms with Gasteiger partial charge in [0.15, 0.2) is 0 Å². The van der Waals surface area contributed by atoms with Crippen molar-refractivity contribution in [1.82, 2.24) is 9.80 Å². The van der Waals surface area contributed by atoms with E-state index in [1.165, 1.54) is 22.8 Å². The molecule has 5 rings (SSSR count). The second-order valence-corrected chi connectivity index (χ2v) is 7.29. The van der Waals surface area contributed by atoms with Gasteiger partial charge in [0.2, 0.25) is 5.91 Å². The second-order valence-electron chi connectivity index (χ2n) is 7.29. The third-order valence-corrected chi connectivity index (χ3v) is 5.61. The van der Waals surface area contributed by atoms with Crippen molar-refractivity contribution in [2.45, 2.75) is 38.8 Å². The fourth-order valence-corrected chi connectivity index (χ4v) is 4.46. The smallest absolute Gasteiger partial charge is 0.227 e. The molecule has 0 N–H and O–H groups in total. The Morgan fingerprint density at radius 1 is 1.04 bits per heavy atom. The van der Waals surface area contributed by atoms with E-state index >= 15 is 0 Å². The number of rotatable bonds is 4. The topological polar surface area (TPSA) is 23.6 Å². The van der Waals surface area contributed by atoms with Gasteiger partial charge in [0.05, 0.1) is 5.92 Å². The van der Waals surface area contributed by atoms with Crippen molar-refractivity contribution in [2.75, 3.05) is 19.6 Å². The molecule has 3 saturated heterocycles. The molecule has 3 heterocycles. The van der Waals surface area contributed by atoms with Crippen LogP contribution in [0.5, 0.6) is 0 Å². The number of carbonyl (C=O) groups is 1. The lowest BCUT2D eigenvalue weighted by atomic mass is 9.94. The molecule has 0 aromatic heterocycles. The van der Waals surface area contributed by atoms with Crippen LogP contribution >= 0.6 is 0 Å². The molecule has 0 spiro atoms. The molecule has 2 atom stereocenters. The molecule has 24 heavy (non-hydrogen) atoms. The zero-order valence-corrected chi connectivity index (χ0v) is 14.4. The number of benzene rings is 2. The summed E-state index contributed by atoms with van der Waals surface area (Å²) in [5.41, 5.74) is 1.38. The SMILES string of the molecule is CCCN1C(=O)[C@H]2CC[C@@H]1CN(Cc1cccc3ccccc13)C2. The minimum Gasteiger partial charge on any atom is -0.338 e. The van der Waals surface area contributed by atoms with E-state index in [1.54, 1.807) is 0 Å². The summed E-state index contributed by atoms with van der Waals surface area (Å²) in [7, 11) is 0. The maximum Gasteiger partial charge on any atom is 0.227 e. The molecular formula is C21H26N2O. The van der Waals surface area contributed by atoms with Crippen LogP contribution in [0.25, 0.3) is 10.8 Å². The van der Waals surface area contributed by atoms with Crippen LogP contribution in [-0.4, -0.2) is 41.4 Å². The summed E-state index contributed by atoms with van der Waals surface area (Å²) in [6, 6.07) is 15.6. The first-order valence-corrected chi connectivity index (χ1v) is 9.25. The van der Waals surface area contributed by atoms with E-state index < -0.39 is 0 Å². The van der Waals surface area contributed by atoms with Gasteiger partial charge in [0, 0.05) is 32.2 Å². The van der Waals surface area contributed by atoms with Crippen LogP contribution in [0.2, 0.25) is 0 Å². The van der Waals surface area contributed by atoms with Gasteiger partial charge in [-0.15, -0.1) is 0 Å². The van der Waals surface area contributed by atoms with Gasteiger partial charge in [-0.25, -0.2) is 0 Å². The molecule has 3 fully saturated rings. The van der Waals surface area contributed by atoms with E-state index in [4.69, 9.17) is 0 Å². The Hall–Kier alpha value is -1.87. The molecule has 3 nitrogen and oxygen atoms in total. The summed E-state index contributed by atoms with van der Waals surface area (Å²) < 4.78 is 0. The Morgan fingerprint density at radius 3 is 2.75 bits per heavy atom. The highest BCUT2D eigenvalue weighted by Gasteiger charge is 2.39. The number of fused-ring (bicyclic) bond motifs is 5. The Bertz CT molecular complexity index is 736. The molecule has 3 heteroatoms. The van der Waals surface area contributed by atoms with Gasteiger partial charge in [-0.3, -0.25) is 9.69 Å². The van der Waals surface area contributed by atoms with E-state index in [9.17, 15) is 4.79 Å². The van der Waals surface area contributed by atoms with Crippen molar-refractivity contribution < 1.29 is 4.79 Å². The number of carbonyl (C=O) groups excluding carboxylic acids is 1. The summed E-state index contributed by atoms with van der Waals surface area (Å²) in [5, 5.41) is 2.64. The highest BCUT2D eigenvalue weighted by Crippen LogP contribution is 2.30. The maximum atomic E-state index is 12.7. The highest BCUT2D eigenvalue weighted by atomic mass is 16.2. The molecule has 0 radical (unpaired) electrons. The van der Waals surface area contributed by atoms with Crippen LogP contribution in [0, 0.1) is 5.92 Å². The van der Waals surface area contributed by atoms with Crippen LogP contribution in [0.1, 0.15) is 31.7 Å². The Morgan fingerprint density at radius 2 is 1.88 bits per heavy atom. The van der Waals surface area contributed by atoms with Gasteiger partial charge in [-0.2, -0.15) is 0 Å². The van der Waals surface area contributed by atoms with Gasteiger partial charge in [-0.05, 0) is 35.6 Å². The minimum atomic E-state index is 0.199. The summed E-state index contributed by atoms with van der Waals surface area (Å²) >= 11 is 0. The maximum absolute atomic E-state index is 12.7. The fourth-order valence-electron chi connectivity index (χ4n) is 4.46. The second kappa shape index (κ2) is 6.56. The van der Waals surface area contributed by atoms with Crippen molar-refractivity contribution in [3.63, 3.8) is 0 Å². The third-order valence-electron chi connectivity index (χ3n) is 5.61. The van der Waals surface area contributed by atoms with Crippen molar-refractivity contribution >= 4 is 16.7 Å². The standard InChI is InChI=1S/C21H26N2O/c1-2-12-23-19-11-10-18(21(23)24)14-22(15-19)13-17-8-5-7-16-6-3-4-9-20(16)17/h3-9,18-19H,2,10-15H2,1H3/t18-,19+/m0/s1. The quantitative estimate of drug-likeness (QED) is 0.857. The van der Waals surface area contributed by atoms with E-state index in [0.29, 0.717) is 11.9 Å². The zero-order valence-electron chi connectivity index (χ0n) is 14.4. The summed E-state index contributed by atoms with van der Waals surface area (Å²) in [6.45, 7) is 5.97. The normalized spacial score (nSPS) is 24.5. The molecule has 2 aromatic carbocycles. The number of nitrogens with zero attached hydrogens (tertiary/aromatic N) is 2. The average molecular weight is 322 g/mol. The Kier molecular flexibility index (Phi) is 4.28. The van der Waals surface area contributed by atoms with Crippen molar-refractivity contribution in [3.05, 3.63) is 48.0 Å². The number of hydrogen-bond acceptors (Lipinski definition) is 2. The average Bonchev–Trinajstić information content (AvgIpc) is 2.87. The number of piperidine rings is 1. The Labute approximate surface area is 144 Å². The monoisotopic (exact) mass is 322 g/mol. The number of amides is 1. The summed E-state index contributed by atoms with van der Waals surface area (Å²) in [4.78, 5) is 17.4. The lowest BCUT2D eigenvalue weighted by Gasteiger charge is -2.35. The first-order valence-electron chi connectivity index (χ1n) is 9.25. The van der Waals surface area contributed by atoms with E-state index in [0.717, 1.165) is 39.0 Å². The van der Waals surface area contributed by atoms with Crippen molar-refractivity contribution in [1.29, 1.82) is 0 Å². The molecule has 3 aliphatic heterocycles. The van der Waals surface area contributed by atoms with Crippen LogP contribution < -0.4 is 0 Å². The van der Waals surface area contributed by atoms with Gasteiger partial charge >= 0.3 is 0 Å². The van der Waals surface area contributed by atoms with Crippen LogP contribution in [0.4, 0.5) is 0 Å². The largest absolute Gasteiger partial charge is 0.338 e. The molecule has 1 amide bonds. The molecule has 0 aliphatic carbocycles. The predicted octanol–water partition coefficient (Wildman–Crippen LogP) is 3.67. The number of hydrogen-bond donors (Lipinski definition) is 0. The lowest BCUT2D eigenvalue weighted by molar-refractivity contribution is -0.139. The summed E-state index contributed by atoms with van der Waals surface area (Å²) in [5.74, 6) is 0.596. The van der Waals surface area contributed by atoms with Crippen LogP contribution in [0.15, 0.2) is 42.5 Å². The molecule has 2 aromatic rings. The molecule has 0 saturated carbocycles. The highest BCUT2D eigenvalue weighted by molar-refractivity contribution is 5.85. The minimum absolute atomic E-state index is 0.199. The molecular weight excluding hydrogens is 296 g/mol. The molecule has 2 bridgehead atoms. The van der Waals surface area contributed by atoms with Gasteiger partial charge < -0.3 is 4.90 Å². The van der Waals surface area contributed by atoms with Gasteiger partial charge in [-0.1, -0.05) is 49.4 Å². The Balaban J connectivity index is 1.58. The van der Waals surface area contributed by atoms with E-state index in [1.807, 2.05) is 0 Å². The van der Waals surface area contributed by atoms with Gasteiger partial charge in [0.25, 0.3) is 0 Å². The molecule has 0 unspecified atom stereocenters. The summed E-state index contributed by atoms with van der Waals surface area (Å²) in [6.07, 6.45) is 3.29. The fraction of sp³-hybridized carbons (Fsp3) is 0.476. The third kappa shape index (κ3) is 2.82.